The van der Waals surface area contributed by atoms with Crippen LogP contribution in [0, 0.1) is 11.3 Å². The number of nitrogens with zero attached hydrogens (tertiary/aromatic N) is 2. The van der Waals surface area contributed by atoms with Crippen molar-refractivity contribution in [1.29, 1.82) is 5.26 Å². The molecule has 4 heteroatoms. The first kappa shape index (κ1) is 10.7. The van der Waals surface area contributed by atoms with Gasteiger partial charge in [-0.1, -0.05) is 12.1 Å². The second-order valence-electron chi connectivity index (χ2n) is 3.15. The molecule has 0 aliphatic rings. The summed E-state index contributed by atoms with van der Waals surface area (Å²) < 4.78 is 0.977. The van der Waals surface area contributed by atoms with Crippen LogP contribution in [0.25, 0.3) is 0 Å². The van der Waals surface area contributed by atoms with Gasteiger partial charge in [0, 0.05) is 16.4 Å². The topological polar surface area (TPSA) is 48.7 Å². The van der Waals surface area contributed by atoms with Crippen molar-refractivity contribution in [3.63, 3.8) is 0 Å². The zero-order valence-corrected chi connectivity index (χ0v) is 9.90. The van der Waals surface area contributed by atoms with Crippen LogP contribution in [0.5, 0.6) is 0 Å². The number of pyridine rings is 1. The molecule has 0 radical (unpaired) electrons. The molecule has 0 aliphatic carbocycles. The Hall–Kier alpha value is -1.86. The lowest BCUT2D eigenvalue weighted by atomic mass is 10.3. The molecule has 16 heavy (non-hydrogen) atoms. The van der Waals surface area contributed by atoms with E-state index in [1.807, 2.05) is 36.4 Å². The Morgan fingerprint density at radius 1 is 1.25 bits per heavy atom. The predicted molar refractivity (Wildman–Crippen MR) is 66.4 cm³/mol. The van der Waals surface area contributed by atoms with Crippen LogP contribution in [0.3, 0.4) is 0 Å². The Kier molecular flexibility index (Phi) is 3.18. The van der Waals surface area contributed by atoms with Gasteiger partial charge in [0.05, 0.1) is 5.69 Å². The molecule has 0 spiro atoms. The predicted octanol–water partition coefficient (Wildman–Crippen LogP) is 3.46. The van der Waals surface area contributed by atoms with Crippen molar-refractivity contribution in [2.75, 3.05) is 5.32 Å². The fourth-order valence-corrected chi connectivity index (χ4v) is 1.67. The number of nitrogens with one attached hydrogen (secondary N) is 1. The molecular formula is C12H8BrN3. The summed E-state index contributed by atoms with van der Waals surface area (Å²) in [4.78, 5) is 3.91. The molecule has 0 unspecified atom stereocenters. The molecule has 1 aromatic heterocycles. The third-order valence-corrected chi connectivity index (χ3v) is 2.72. The van der Waals surface area contributed by atoms with Crippen LogP contribution in [-0.4, -0.2) is 4.98 Å². The zero-order chi connectivity index (χ0) is 11.4. The molecule has 3 nitrogen and oxygen atoms in total. The van der Waals surface area contributed by atoms with Gasteiger partial charge in [0.25, 0.3) is 0 Å². The minimum absolute atomic E-state index is 0.400. The average Bonchev–Trinajstić information content (AvgIpc) is 2.32. The van der Waals surface area contributed by atoms with Crippen LogP contribution in [0.2, 0.25) is 0 Å². The first-order valence-electron chi connectivity index (χ1n) is 4.67. The fraction of sp³-hybridized carbons (Fsp3) is 0. The van der Waals surface area contributed by atoms with Crippen LogP contribution in [0.15, 0.2) is 47.1 Å². The summed E-state index contributed by atoms with van der Waals surface area (Å²) in [6.45, 7) is 0. The number of anilines is 2. The number of halogens is 1. The van der Waals surface area contributed by atoms with Crippen molar-refractivity contribution in [1.82, 2.24) is 4.98 Å². The lowest BCUT2D eigenvalue weighted by Crippen LogP contribution is -1.92. The molecule has 2 aromatic rings. The molecule has 2 rings (SSSR count). The summed E-state index contributed by atoms with van der Waals surface area (Å²) in [7, 11) is 0. The summed E-state index contributed by atoms with van der Waals surface area (Å²) in [5, 5.41) is 11.9. The molecule has 0 amide bonds. The largest absolute Gasteiger partial charge is 0.354 e. The highest BCUT2D eigenvalue weighted by Crippen LogP contribution is 2.25. The number of nitriles is 1. The maximum Gasteiger partial charge on any atom is 0.142 e. The lowest BCUT2D eigenvalue weighted by Gasteiger charge is -2.07. The minimum Gasteiger partial charge on any atom is -0.354 e. The number of hydrogen-bond donors (Lipinski definition) is 1. The Balaban J connectivity index is 2.28. The van der Waals surface area contributed by atoms with E-state index in [9.17, 15) is 0 Å². The second kappa shape index (κ2) is 4.77. The summed E-state index contributed by atoms with van der Waals surface area (Å²) in [5.41, 5.74) is 2.20. The van der Waals surface area contributed by atoms with Crippen LogP contribution >= 0.6 is 15.9 Å². The van der Waals surface area contributed by atoms with Gasteiger partial charge in [0.15, 0.2) is 0 Å². The summed E-state index contributed by atoms with van der Waals surface area (Å²) in [6.07, 6.45) is 1.61. The Labute approximate surface area is 102 Å². The lowest BCUT2D eigenvalue weighted by molar-refractivity contribution is 1.26. The van der Waals surface area contributed by atoms with E-state index in [1.54, 1.807) is 12.3 Å². The first-order chi connectivity index (χ1) is 7.79. The van der Waals surface area contributed by atoms with E-state index in [0.29, 0.717) is 5.69 Å². The highest BCUT2D eigenvalue weighted by Gasteiger charge is 2.00. The Morgan fingerprint density at radius 2 is 2.06 bits per heavy atom. The van der Waals surface area contributed by atoms with E-state index in [-0.39, 0.29) is 0 Å². The van der Waals surface area contributed by atoms with Crippen LogP contribution < -0.4 is 5.32 Å². The van der Waals surface area contributed by atoms with Gasteiger partial charge in [-0.25, -0.2) is 4.98 Å². The third-order valence-electron chi connectivity index (χ3n) is 2.03. The molecule has 78 valence electrons. The third kappa shape index (κ3) is 2.38. The maximum atomic E-state index is 8.73. The Bertz CT molecular complexity index is 546. The van der Waals surface area contributed by atoms with Crippen LogP contribution in [-0.2, 0) is 0 Å². The molecule has 0 atom stereocenters. The molecule has 1 heterocycles. The van der Waals surface area contributed by atoms with Gasteiger partial charge in [-0.2, -0.15) is 5.26 Å². The first-order valence-corrected chi connectivity index (χ1v) is 5.46. The quantitative estimate of drug-likeness (QED) is 0.912. The number of aromatic nitrogens is 1. The fourth-order valence-electron chi connectivity index (χ4n) is 1.29. The van der Waals surface area contributed by atoms with Crippen molar-refractivity contribution >= 4 is 27.3 Å². The molecule has 0 saturated heterocycles. The van der Waals surface area contributed by atoms with Gasteiger partial charge in [-0.3, -0.25) is 0 Å². The van der Waals surface area contributed by atoms with E-state index in [2.05, 4.69) is 26.2 Å². The number of benzene rings is 1. The highest BCUT2D eigenvalue weighted by atomic mass is 79.9. The minimum atomic E-state index is 0.400. The molecule has 0 fully saturated rings. The molecule has 0 aliphatic heterocycles. The standard InChI is InChI=1S/C12H8BrN3/c13-11-3-1-2-4-12(11)16-9-5-6-15-10(7-9)8-14/h1-7H,(H,15,16). The second-order valence-corrected chi connectivity index (χ2v) is 4.00. The zero-order valence-electron chi connectivity index (χ0n) is 8.31. The highest BCUT2D eigenvalue weighted by molar-refractivity contribution is 9.10. The van der Waals surface area contributed by atoms with Crippen molar-refractivity contribution in [3.8, 4) is 6.07 Å². The van der Waals surface area contributed by atoms with E-state index in [4.69, 9.17) is 5.26 Å². The van der Waals surface area contributed by atoms with E-state index < -0.39 is 0 Å². The van der Waals surface area contributed by atoms with Crippen molar-refractivity contribution in [2.24, 2.45) is 0 Å². The monoisotopic (exact) mass is 273 g/mol. The van der Waals surface area contributed by atoms with Gasteiger partial charge in [0.2, 0.25) is 0 Å². The molecule has 1 N–H and O–H groups in total. The molecular weight excluding hydrogens is 266 g/mol. The normalized spacial score (nSPS) is 9.50. The van der Waals surface area contributed by atoms with E-state index >= 15 is 0 Å². The van der Waals surface area contributed by atoms with Gasteiger partial charge >= 0.3 is 0 Å². The smallest absolute Gasteiger partial charge is 0.142 e. The van der Waals surface area contributed by atoms with Crippen LogP contribution in [0.1, 0.15) is 5.69 Å². The van der Waals surface area contributed by atoms with Gasteiger partial charge in [-0.15, -0.1) is 0 Å². The number of rotatable bonds is 2. The van der Waals surface area contributed by atoms with Gasteiger partial charge in [-0.05, 0) is 40.2 Å². The number of hydrogen-bond acceptors (Lipinski definition) is 3. The van der Waals surface area contributed by atoms with Crippen molar-refractivity contribution in [3.05, 3.63) is 52.8 Å². The van der Waals surface area contributed by atoms with Crippen LogP contribution in [0.4, 0.5) is 11.4 Å². The van der Waals surface area contributed by atoms with Gasteiger partial charge < -0.3 is 5.32 Å². The maximum absolute atomic E-state index is 8.73. The van der Waals surface area contributed by atoms with E-state index in [0.717, 1.165) is 15.8 Å². The van der Waals surface area contributed by atoms with Gasteiger partial charge in [0.1, 0.15) is 11.8 Å². The average molecular weight is 274 g/mol. The SMILES string of the molecule is N#Cc1cc(Nc2ccccc2Br)ccn1. The molecule has 1 aromatic carbocycles. The van der Waals surface area contributed by atoms with E-state index in [1.165, 1.54) is 0 Å². The van der Waals surface area contributed by atoms with Crippen molar-refractivity contribution in [2.45, 2.75) is 0 Å². The number of para-hydroxylation sites is 1. The molecule has 0 bridgehead atoms. The van der Waals surface area contributed by atoms with Crippen molar-refractivity contribution < 1.29 is 0 Å². The molecule has 0 saturated carbocycles. The Morgan fingerprint density at radius 3 is 2.81 bits per heavy atom. The summed E-state index contributed by atoms with van der Waals surface area (Å²) >= 11 is 3.45. The summed E-state index contributed by atoms with van der Waals surface area (Å²) in [6, 6.07) is 13.3. The summed E-state index contributed by atoms with van der Waals surface area (Å²) in [5.74, 6) is 0.